The van der Waals surface area contributed by atoms with Gasteiger partial charge in [-0.15, -0.1) is 0 Å². The van der Waals surface area contributed by atoms with Gasteiger partial charge in [0.05, 0.1) is 12.8 Å². The number of fused-ring (bicyclic) bond motifs is 10. The zero-order valence-electron chi connectivity index (χ0n) is 48.4. The Labute approximate surface area is 442 Å². The van der Waals surface area contributed by atoms with E-state index in [1.54, 1.807) is 11.1 Å². The third kappa shape index (κ3) is 11.5. The summed E-state index contributed by atoms with van der Waals surface area (Å²) in [5.74, 6) is 9.92. The average molecular weight is 996 g/mol. The van der Waals surface area contributed by atoms with Crippen molar-refractivity contribution in [1.82, 2.24) is 9.80 Å². The number of rotatable bonds is 21. The highest BCUT2D eigenvalue weighted by Gasteiger charge is 2.61. The number of ether oxygens (including phenoxy) is 2. The van der Waals surface area contributed by atoms with Gasteiger partial charge in [0.2, 0.25) is 0 Å². The first-order valence-electron chi connectivity index (χ1n) is 31.6. The molecule has 0 aromatic carbocycles. The third-order valence-electron chi connectivity index (χ3n) is 24.3. The first kappa shape index (κ1) is 55.1. The zero-order valence-corrected chi connectivity index (χ0v) is 48.4. The van der Waals surface area contributed by atoms with Crippen molar-refractivity contribution in [1.29, 1.82) is 0 Å². The minimum absolute atomic E-state index is 0.00760. The maximum atomic E-state index is 13.7. The van der Waals surface area contributed by atoms with E-state index in [4.69, 9.17) is 9.47 Å². The lowest BCUT2D eigenvalue weighted by molar-refractivity contribution is -0.152. The van der Waals surface area contributed by atoms with Crippen molar-refractivity contribution in [2.45, 2.75) is 248 Å². The van der Waals surface area contributed by atoms with Crippen LogP contribution in [0.2, 0.25) is 0 Å². The van der Waals surface area contributed by atoms with Crippen LogP contribution in [0.25, 0.3) is 0 Å². The minimum atomic E-state index is -0.0603. The van der Waals surface area contributed by atoms with Crippen LogP contribution in [-0.2, 0) is 19.1 Å². The van der Waals surface area contributed by atoms with Crippen LogP contribution < -0.4 is 0 Å². The zero-order chi connectivity index (χ0) is 51.0. The summed E-state index contributed by atoms with van der Waals surface area (Å²) in [6.07, 6.45) is 36.8. The van der Waals surface area contributed by atoms with Crippen molar-refractivity contribution < 1.29 is 19.1 Å². The summed E-state index contributed by atoms with van der Waals surface area (Å²) in [7, 11) is 0. The SMILES string of the molecule is CC(C)CCC[C@@H](C)[C@H]1CC[C@H]2[C@@H]3CC=C4C[C@@H](OC(=O)CCN(CCC(=O)O[C@H]5CC[C@@]6(C)C(=CC[C@H]7[C@@H]8CC[C@H]([C@H](C)CCCC(C)C)[C@@]8(C)CC[C@@H]76)C5)CCN5CCCC5)CC[C@]4(C)[C@H]3CC[C@]12C. The monoisotopic (exact) mass is 995 g/mol. The molecule has 9 aliphatic rings. The predicted octanol–water partition coefficient (Wildman–Crippen LogP) is 16.1. The van der Waals surface area contributed by atoms with Crippen molar-refractivity contribution in [3.05, 3.63) is 23.3 Å². The Balaban J connectivity index is 0.739. The second kappa shape index (κ2) is 23.1. The molecule has 0 bridgehead atoms. The summed E-state index contributed by atoms with van der Waals surface area (Å²) in [6, 6.07) is 0. The lowest BCUT2D eigenvalue weighted by Gasteiger charge is -2.58. The third-order valence-corrected chi connectivity index (χ3v) is 24.3. The fraction of sp³-hybridized carbons (Fsp3) is 0.909. The molecule has 0 unspecified atom stereocenters. The van der Waals surface area contributed by atoms with Gasteiger partial charge in [-0.2, -0.15) is 0 Å². The molecule has 8 aliphatic carbocycles. The highest BCUT2D eigenvalue weighted by Crippen LogP contribution is 2.69. The molecule has 72 heavy (non-hydrogen) atoms. The molecule has 0 aromatic rings. The summed E-state index contributed by atoms with van der Waals surface area (Å²) in [5.41, 5.74) is 4.73. The molecule has 16 atom stereocenters. The molecule has 1 heterocycles. The number of carbonyl (C=O) groups excluding carboxylic acids is 2. The van der Waals surface area contributed by atoms with Gasteiger partial charge in [0.15, 0.2) is 0 Å². The highest BCUT2D eigenvalue weighted by atomic mass is 16.5. The van der Waals surface area contributed by atoms with Gasteiger partial charge >= 0.3 is 11.9 Å². The molecule has 0 spiro atoms. The molecule has 0 aromatic heterocycles. The number of nitrogens with zero attached hydrogens (tertiary/aromatic N) is 2. The van der Waals surface area contributed by atoms with Crippen LogP contribution in [0.5, 0.6) is 0 Å². The second-order valence-electron chi connectivity index (χ2n) is 29.2. The predicted molar refractivity (Wildman–Crippen MR) is 297 cm³/mol. The van der Waals surface area contributed by atoms with Crippen LogP contribution in [0.15, 0.2) is 23.3 Å². The van der Waals surface area contributed by atoms with Gasteiger partial charge in [0, 0.05) is 39.0 Å². The molecular weight excluding hydrogens is 885 g/mol. The van der Waals surface area contributed by atoms with E-state index >= 15 is 0 Å². The van der Waals surface area contributed by atoms with E-state index < -0.39 is 0 Å². The number of likely N-dealkylation sites (tertiary alicyclic amines) is 1. The van der Waals surface area contributed by atoms with E-state index in [2.05, 4.69) is 91.2 Å². The molecular formula is C66H110N2O4. The first-order valence-corrected chi connectivity index (χ1v) is 31.6. The van der Waals surface area contributed by atoms with Gasteiger partial charge in [-0.3, -0.25) is 9.59 Å². The van der Waals surface area contributed by atoms with Crippen molar-refractivity contribution in [2.75, 3.05) is 39.3 Å². The maximum Gasteiger partial charge on any atom is 0.307 e. The topological polar surface area (TPSA) is 59.1 Å². The number of allylic oxidation sites excluding steroid dienone is 2. The first-order chi connectivity index (χ1) is 34.4. The smallest absolute Gasteiger partial charge is 0.307 e. The van der Waals surface area contributed by atoms with Crippen molar-refractivity contribution in [3.63, 3.8) is 0 Å². The van der Waals surface area contributed by atoms with E-state index in [-0.39, 0.29) is 35.0 Å². The van der Waals surface area contributed by atoms with Crippen molar-refractivity contribution in [3.8, 4) is 0 Å². The molecule has 7 fully saturated rings. The Morgan fingerprint density at radius 1 is 0.569 bits per heavy atom. The average Bonchev–Trinajstić information content (AvgIpc) is 4.08. The Morgan fingerprint density at radius 2 is 1.01 bits per heavy atom. The molecule has 1 saturated heterocycles. The fourth-order valence-electron chi connectivity index (χ4n) is 20.1. The Kier molecular flexibility index (Phi) is 17.7. The van der Waals surface area contributed by atoms with E-state index in [9.17, 15) is 9.59 Å². The molecule has 0 N–H and O–H groups in total. The summed E-state index contributed by atoms with van der Waals surface area (Å²) < 4.78 is 12.8. The molecule has 1 aliphatic heterocycles. The molecule has 9 rings (SSSR count). The molecule has 6 saturated carbocycles. The lowest BCUT2D eigenvalue weighted by Crippen LogP contribution is -2.51. The quantitative estimate of drug-likeness (QED) is 0.0844. The number of carbonyl (C=O) groups is 2. The van der Waals surface area contributed by atoms with Crippen LogP contribution >= 0.6 is 0 Å². The molecule has 408 valence electrons. The Bertz CT molecular complexity index is 1780. The van der Waals surface area contributed by atoms with Gasteiger partial charge in [-0.1, -0.05) is 131 Å². The summed E-state index contributed by atoms with van der Waals surface area (Å²) >= 11 is 0. The van der Waals surface area contributed by atoms with Crippen molar-refractivity contribution >= 4 is 11.9 Å². The van der Waals surface area contributed by atoms with E-state index in [0.717, 1.165) is 136 Å². The summed E-state index contributed by atoms with van der Waals surface area (Å²) in [5, 5.41) is 0. The van der Waals surface area contributed by atoms with Gasteiger partial charge in [0.1, 0.15) is 12.2 Å². The van der Waals surface area contributed by atoms with Crippen LogP contribution in [0, 0.1) is 92.7 Å². The van der Waals surface area contributed by atoms with Crippen LogP contribution in [0.1, 0.15) is 236 Å². The van der Waals surface area contributed by atoms with Gasteiger partial charge in [-0.05, 0) is 208 Å². The number of esters is 2. The van der Waals surface area contributed by atoms with Gasteiger partial charge in [-0.25, -0.2) is 0 Å². The van der Waals surface area contributed by atoms with E-state index in [1.807, 2.05) is 0 Å². The maximum absolute atomic E-state index is 13.7. The second-order valence-corrected chi connectivity index (χ2v) is 29.2. The van der Waals surface area contributed by atoms with Crippen LogP contribution in [-0.4, -0.2) is 73.2 Å². The molecule has 6 nitrogen and oxygen atoms in total. The van der Waals surface area contributed by atoms with Crippen molar-refractivity contribution in [2.24, 2.45) is 92.7 Å². The normalized spacial score (nSPS) is 40.3. The van der Waals surface area contributed by atoms with Crippen LogP contribution in [0.3, 0.4) is 0 Å². The van der Waals surface area contributed by atoms with E-state index in [0.29, 0.717) is 36.8 Å². The molecule has 0 radical (unpaired) electrons. The highest BCUT2D eigenvalue weighted by molar-refractivity contribution is 5.70. The number of hydrogen-bond donors (Lipinski definition) is 0. The minimum Gasteiger partial charge on any atom is -0.462 e. The molecule has 0 amide bonds. The summed E-state index contributed by atoms with van der Waals surface area (Å²) in [4.78, 5) is 32.3. The standard InChI is InChI=1S/C66H110N2O4/c1-45(2)15-13-17-47(5)55-23-25-57-53-21-19-49-43-51(27-33-63(49,7)59(53)29-35-65(55,57)9)71-61(69)31-39-68(42-41-67-37-11-12-38-67)40-32-62(70)72-52-28-34-64(8)50(44-52)20-22-54-58-26-24-56(48(6)18-14-16-46(3)4)66(58,10)36-30-60(54)64/h19-20,45-48,51-60H,11-18,21-44H2,1-10H3/t47-,48-,51+,52+,53+,54+,55-,56-,57+,58+,59+,60+,63+,64+,65-,66-/m1/s1. The van der Waals surface area contributed by atoms with Gasteiger partial charge in [0.25, 0.3) is 0 Å². The van der Waals surface area contributed by atoms with Gasteiger partial charge < -0.3 is 19.3 Å². The summed E-state index contributed by atoms with van der Waals surface area (Å²) in [6.45, 7) is 30.8. The fourth-order valence-corrected chi connectivity index (χ4v) is 20.1. The largest absolute Gasteiger partial charge is 0.462 e. The van der Waals surface area contributed by atoms with E-state index in [1.165, 1.54) is 116 Å². The Hall–Kier alpha value is -1.66. The van der Waals surface area contributed by atoms with Crippen LogP contribution in [0.4, 0.5) is 0 Å². The lowest BCUT2D eigenvalue weighted by atomic mass is 9.47. The molecule has 6 heteroatoms. The Morgan fingerprint density at radius 3 is 1.44 bits per heavy atom. The number of hydrogen-bond acceptors (Lipinski definition) is 6.